The zero-order chi connectivity index (χ0) is 19.7. The molecule has 144 valence electrons. The Morgan fingerprint density at radius 3 is 2.75 bits per heavy atom. The lowest BCUT2D eigenvalue weighted by Gasteiger charge is -2.21. The molecule has 28 heavy (non-hydrogen) atoms. The zero-order valence-electron chi connectivity index (χ0n) is 15.1. The number of nitrogens with one attached hydrogen (secondary N) is 1. The molecule has 2 amide bonds. The third-order valence-corrected chi connectivity index (χ3v) is 5.93. The fourth-order valence-electron chi connectivity index (χ4n) is 3.06. The van der Waals surface area contributed by atoms with Crippen molar-refractivity contribution in [1.29, 1.82) is 0 Å². The van der Waals surface area contributed by atoms with Gasteiger partial charge in [0.15, 0.2) is 11.5 Å². The van der Waals surface area contributed by atoms with E-state index in [0.717, 1.165) is 11.3 Å². The Bertz CT molecular complexity index is 946. The quantitative estimate of drug-likeness (QED) is 0.772. The van der Waals surface area contributed by atoms with Gasteiger partial charge < -0.3 is 14.8 Å². The van der Waals surface area contributed by atoms with Crippen LogP contribution in [0.1, 0.15) is 12.0 Å². The van der Waals surface area contributed by atoms with Gasteiger partial charge in [-0.15, -0.1) is 0 Å². The summed E-state index contributed by atoms with van der Waals surface area (Å²) in [6.45, 7) is 2.88. The Morgan fingerprint density at radius 1 is 1.21 bits per heavy atom. The molecule has 2 aromatic rings. The van der Waals surface area contributed by atoms with E-state index in [2.05, 4.69) is 5.32 Å². The summed E-state index contributed by atoms with van der Waals surface area (Å²) in [6, 6.07) is 12.9. The number of anilines is 2. The van der Waals surface area contributed by atoms with Gasteiger partial charge in [-0.25, -0.2) is 0 Å². The van der Waals surface area contributed by atoms with Gasteiger partial charge in [-0.1, -0.05) is 47.7 Å². The minimum atomic E-state index is -0.550. The minimum absolute atomic E-state index is 0.0243. The maximum Gasteiger partial charge on any atom is 0.246 e. The number of benzene rings is 2. The number of hydrogen-bond donors (Lipinski definition) is 1. The first-order valence-corrected chi connectivity index (χ1v) is 10.1. The third kappa shape index (κ3) is 3.70. The lowest BCUT2D eigenvalue weighted by molar-refractivity contribution is -0.121. The molecule has 2 aliphatic heterocycles. The smallest absolute Gasteiger partial charge is 0.246 e. The summed E-state index contributed by atoms with van der Waals surface area (Å²) >= 11 is 6.61. The number of thiocarbonyl (C=S) groups is 1. The van der Waals surface area contributed by atoms with Crippen molar-refractivity contribution in [1.82, 2.24) is 0 Å². The Hall–Kier alpha value is -2.58. The largest absolute Gasteiger partial charge is 0.486 e. The first-order valence-electron chi connectivity index (χ1n) is 8.82. The second-order valence-electron chi connectivity index (χ2n) is 6.46. The number of hydrogen-bond acceptors (Lipinski definition) is 6. The van der Waals surface area contributed by atoms with Gasteiger partial charge >= 0.3 is 0 Å². The number of carbonyl (C=O) groups excluding carboxylic acids is 2. The van der Waals surface area contributed by atoms with Gasteiger partial charge in [0, 0.05) is 6.42 Å². The number of aryl methyl sites for hydroxylation is 1. The standard InChI is InChI=1S/C20H18N2O4S2/c1-12-5-7-13(8-6-12)22-19(24)16(28-20(22)27)11-17(23)21-14-3-2-4-15-18(14)26-10-9-25-15/h2-8,16H,9-11H2,1H3,(H,21,23). The summed E-state index contributed by atoms with van der Waals surface area (Å²) in [7, 11) is 0. The van der Waals surface area contributed by atoms with E-state index in [9.17, 15) is 9.59 Å². The van der Waals surface area contributed by atoms with Crippen LogP contribution in [0.2, 0.25) is 0 Å². The lowest BCUT2D eigenvalue weighted by Crippen LogP contribution is -2.32. The predicted octanol–water partition coefficient (Wildman–Crippen LogP) is 3.53. The second kappa shape index (κ2) is 7.81. The van der Waals surface area contributed by atoms with Crippen molar-refractivity contribution in [2.24, 2.45) is 0 Å². The highest BCUT2D eigenvalue weighted by molar-refractivity contribution is 8.25. The molecule has 0 bridgehead atoms. The topological polar surface area (TPSA) is 67.9 Å². The number of nitrogens with zero attached hydrogens (tertiary/aromatic N) is 1. The molecule has 6 nitrogen and oxygen atoms in total. The fourth-order valence-corrected chi connectivity index (χ4v) is 4.58. The summed E-state index contributed by atoms with van der Waals surface area (Å²) < 4.78 is 11.6. The molecule has 2 aromatic carbocycles. The Balaban J connectivity index is 1.45. The van der Waals surface area contributed by atoms with Crippen LogP contribution < -0.4 is 19.7 Å². The van der Waals surface area contributed by atoms with Crippen molar-refractivity contribution in [3.05, 3.63) is 48.0 Å². The Labute approximate surface area is 172 Å². The average molecular weight is 415 g/mol. The zero-order valence-corrected chi connectivity index (χ0v) is 16.8. The summed E-state index contributed by atoms with van der Waals surface area (Å²) in [6.07, 6.45) is 0.0243. The van der Waals surface area contributed by atoms with Crippen molar-refractivity contribution in [2.45, 2.75) is 18.6 Å². The van der Waals surface area contributed by atoms with Crippen LogP contribution in [0.4, 0.5) is 11.4 Å². The number of carbonyl (C=O) groups is 2. The molecular weight excluding hydrogens is 396 g/mol. The molecule has 2 aliphatic rings. The first-order chi connectivity index (χ1) is 13.5. The normalized spacial score (nSPS) is 18.3. The van der Waals surface area contributed by atoms with Crippen LogP contribution in [0, 0.1) is 6.92 Å². The number of amides is 2. The van der Waals surface area contributed by atoms with Gasteiger partial charge in [0.25, 0.3) is 0 Å². The fraction of sp³-hybridized carbons (Fsp3) is 0.250. The number of thioether (sulfide) groups is 1. The van der Waals surface area contributed by atoms with E-state index in [-0.39, 0.29) is 18.2 Å². The highest BCUT2D eigenvalue weighted by atomic mass is 32.2. The van der Waals surface area contributed by atoms with E-state index in [0.29, 0.717) is 34.7 Å². The monoisotopic (exact) mass is 414 g/mol. The molecular formula is C20H18N2O4S2. The molecule has 1 saturated heterocycles. The van der Waals surface area contributed by atoms with Gasteiger partial charge in [-0.05, 0) is 31.2 Å². The summed E-state index contributed by atoms with van der Waals surface area (Å²) in [5, 5.41) is 2.27. The highest BCUT2D eigenvalue weighted by Crippen LogP contribution is 2.38. The van der Waals surface area contributed by atoms with E-state index in [1.165, 1.54) is 16.7 Å². The number of ether oxygens (including phenoxy) is 2. The predicted molar refractivity (Wildman–Crippen MR) is 113 cm³/mol. The van der Waals surface area contributed by atoms with Crippen LogP contribution in [0.5, 0.6) is 11.5 Å². The molecule has 1 unspecified atom stereocenters. The maximum atomic E-state index is 12.8. The number of rotatable bonds is 4. The van der Waals surface area contributed by atoms with Gasteiger partial charge in [-0.3, -0.25) is 14.5 Å². The summed E-state index contributed by atoms with van der Waals surface area (Å²) in [4.78, 5) is 26.9. The van der Waals surface area contributed by atoms with Gasteiger partial charge in [0.2, 0.25) is 11.8 Å². The van der Waals surface area contributed by atoms with Crippen LogP contribution >= 0.6 is 24.0 Å². The van der Waals surface area contributed by atoms with Crippen molar-refractivity contribution in [2.75, 3.05) is 23.4 Å². The molecule has 0 radical (unpaired) electrons. The van der Waals surface area contributed by atoms with Crippen LogP contribution in [-0.2, 0) is 9.59 Å². The molecule has 0 aliphatic carbocycles. The Morgan fingerprint density at radius 2 is 1.96 bits per heavy atom. The molecule has 1 atom stereocenters. The molecule has 2 heterocycles. The molecule has 4 rings (SSSR count). The first kappa shape index (κ1) is 18.8. The molecule has 0 saturated carbocycles. The van der Waals surface area contributed by atoms with E-state index in [1.807, 2.05) is 31.2 Å². The van der Waals surface area contributed by atoms with Crippen molar-refractivity contribution in [3.63, 3.8) is 0 Å². The van der Waals surface area contributed by atoms with E-state index >= 15 is 0 Å². The van der Waals surface area contributed by atoms with E-state index < -0.39 is 5.25 Å². The molecule has 8 heteroatoms. The lowest BCUT2D eigenvalue weighted by atomic mass is 10.2. The van der Waals surface area contributed by atoms with Crippen LogP contribution in [-0.4, -0.2) is 34.6 Å². The summed E-state index contributed by atoms with van der Waals surface area (Å²) in [5.41, 5.74) is 2.36. The minimum Gasteiger partial charge on any atom is -0.486 e. The molecule has 0 spiro atoms. The van der Waals surface area contributed by atoms with Crippen LogP contribution in [0.25, 0.3) is 0 Å². The van der Waals surface area contributed by atoms with Gasteiger partial charge in [-0.2, -0.15) is 0 Å². The van der Waals surface area contributed by atoms with Gasteiger partial charge in [0.1, 0.15) is 22.8 Å². The van der Waals surface area contributed by atoms with Crippen LogP contribution in [0.3, 0.4) is 0 Å². The molecule has 1 fully saturated rings. The average Bonchev–Trinajstić information content (AvgIpc) is 2.96. The van der Waals surface area contributed by atoms with Crippen molar-refractivity contribution < 1.29 is 19.1 Å². The van der Waals surface area contributed by atoms with Crippen molar-refractivity contribution >= 4 is 51.5 Å². The highest BCUT2D eigenvalue weighted by Gasteiger charge is 2.39. The number of para-hydroxylation sites is 1. The summed E-state index contributed by atoms with van der Waals surface area (Å²) in [5.74, 6) is 0.664. The maximum absolute atomic E-state index is 12.8. The van der Waals surface area contributed by atoms with Crippen LogP contribution in [0.15, 0.2) is 42.5 Å². The van der Waals surface area contributed by atoms with Crippen molar-refractivity contribution in [3.8, 4) is 11.5 Å². The van der Waals surface area contributed by atoms with E-state index in [4.69, 9.17) is 21.7 Å². The number of fused-ring (bicyclic) bond motifs is 1. The van der Waals surface area contributed by atoms with E-state index in [1.54, 1.807) is 18.2 Å². The second-order valence-corrected chi connectivity index (χ2v) is 8.30. The Kier molecular flexibility index (Phi) is 5.23. The SMILES string of the molecule is Cc1ccc(N2C(=O)C(CC(=O)Nc3cccc4c3OCCO4)SC2=S)cc1. The third-order valence-electron chi connectivity index (χ3n) is 4.42. The molecule has 0 aromatic heterocycles. The van der Waals surface area contributed by atoms with Gasteiger partial charge in [0.05, 0.1) is 11.4 Å². The molecule has 1 N–H and O–H groups in total.